The molecule has 5 nitrogen and oxygen atoms in total. The van der Waals surface area contributed by atoms with E-state index in [9.17, 15) is 13.2 Å². The van der Waals surface area contributed by atoms with Crippen LogP contribution in [0.4, 0.5) is 0 Å². The summed E-state index contributed by atoms with van der Waals surface area (Å²) >= 11 is 0. The molecule has 0 unspecified atom stereocenters. The van der Waals surface area contributed by atoms with Gasteiger partial charge in [0.05, 0.1) is 5.75 Å². The van der Waals surface area contributed by atoms with Crippen LogP contribution in [0.2, 0.25) is 0 Å². The second kappa shape index (κ2) is 7.87. The van der Waals surface area contributed by atoms with E-state index in [0.29, 0.717) is 0 Å². The summed E-state index contributed by atoms with van der Waals surface area (Å²) in [5, 5.41) is 2.54. The smallest absolute Gasteiger partial charge is 0.264 e. The van der Waals surface area contributed by atoms with Crippen LogP contribution in [-0.4, -0.2) is 68.9 Å². The second-order valence-corrected chi connectivity index (χ2v) is 4.66. The molecule has 0 atom stereocenters. The zero-order chi connectivity index (χ0) is 10.5. The molecule has 0 aromatic carbocycles. The summed E-state index contributed by atoms with van der Waals surface area (Å²) in [4.78, 5) is 10.9. The van der Waals surface area contributed by atoms with Gasteiger partial charge in [0.2, 0.25) is 5.91 Å². The van der Waals surface area contributed by atoms with Gasteiger partial charge in [-0.3, -0.25) is 9.35 Å². The molecule has 0 aliphatic heterocycles. The number of carbonyl (C=O) groups is 1. The first-order valence-electron chi connectivity index (χ1n) is 4.06. The first-order chi connectivity index (χ1) is 5.83. The fraction of sp³-hybridized carbons (Fsp3) is 0.857. The summed E-state index contributed by atoms with van der Waals surface area (Å²) in [6, 6.07) is 0. The SMILES string of the molecule is CC(C)C(=O)NCCCS(=O)(=O)O.[Ca]. The van der Waals surface area contributed by atoms with Gasteiger partial charge in [0.25, 0.3) is 10.1 Å². The number of amides is 1. The zero-order valence-electron chi connectivity index (χ0n) is 8.49. The summed E-state index contributed by atoms with van der Waals surface area (Å²) in [5.74, 6) is -0.535. The maximum absolute atomic E-state index is 10.9. The average molecular weight is 249 g/mol. The maximum Gasteiger partial charge on any atom is 0.264 e. The van der Waals surface area contributed by atoms with Gasteiger partial charge >= 0.3 is 0 Å². The average Bonchev–Trinajstić information content (AvgIpc) is 1.95. The number of rotatable bonds is 5. The van der Waals surface area contributed by atoms with Crippen LogP contribution in [0.3, 0.4) is 0 Å². The van der Waals surface area contributed by atoms with E-state index in [2.05, 4.69) is 5.32 Å². The van der Waals surface area contributed by atoms with E-state index in [1.165, 1.54) is 0 Å². The van der Waals surface area contributed by atoms with Gasteiger partial charge in [-0.2, -0.15) is 8.42 Å². The van der Waals surface area contributed by atoms with Crippen molar-refractivity contribution in [2.45, 2.75) is 20.3 Å². The fourth-order valence-electron chi connectivity index (χ4n) is 0.670. The van der Waals surface area contributed by atoms with Gasteiger partial charge in [0.1, 0.15) is 0 Å². The van der Waals surface area contributed by atoms with E-state index in [0.717, 1.165) is 0 Å². The zero-order valence-corrected chi connectivity index (χ0v) is 11.5. The van der Waals surface area contributed by atoms with Crippen LogP contribution in [0, 0.1) is 5.92 Å². The van der Waals surface area contributed by atoms with Crippen molar-refractivity contribution in [2.75, 3.05) is 12.3 Å². The van der Waals surface area contributed by atoms with Gasteiger partial charge in [-0.1, -0.05) is 13.8 Å². The van der Waals surface area contributed by atoms with Crippen LogP contribution < -0.4 is 5.32 Å². The largest absolute Gasteiger partial charge is 0.356 e. The molecule has 14 heavy (non-hydrogen) atoms. The third kappa shape index (κ3) is 10.7. The van der Waals surface area contributed by atoms with E-state index in [1.807, 2.05) is 0 Å². The molecular formula is C7H15CaNO4S. The fourth-order valence-corrected chi connectivity index (χ4v) is 1.18. The normalized spacial score (nSPS) is 10.9. The molecule has 0 heterocycles. The van der Waals surface area contributed by atoms with E-state index in [4.69, 9.17) is 4.55 Å². The second-order valence-electron chi connectivity index (χ2n) is 3.09. The Bertz CT molecular complexity index is 263. The van der Waals surface area contributed by atoms with E-state index in [-0.39, 0.29) is 68.3 Å². The van der Waals surface area contributed by atoms with E-state index >= 15 is 0 Å². The van der Waals surface area contributed by atoms with E-state index < -0.39 is 10.1 Å². The molecule has 0 aliphatic rings. The van der Waals surface area contributed by atoms with Crippen molar-refractivity contribution in [2.24, 2.45) is 5.92 Å². The minimum atomic E-state index is -3.89. The summed E-state index contributed by atoms with van der Waals surface area (Å²) in [5.41, 5.74) is 0. The number of hydrogen-bond donors (Lipinski definition) is 2. The van der Waals surface area contributed by atoms with Crippen molar-refractivity contribution < 1.29 is 17.8 Å². The Labute approximate surface area is 114 Å². The van der Waals surface area contributed by atoms with Crippen molar-refractivity contribution in [3.63, 3.8) is 0 Å². The Morgan fingerprint density at radius 3 is 2.29 bits per heavy atom. The Balaban J connectivity index is 0. The summed E-state index contributed by atoms with van der Waals surface area (Å²) in [6.45, 7) is 3.77. The molecule has 0 spiro atoms. The molecule has 0 bridgehead atoms. The van der Waals surface area contributed by atoms with Crippen molar-refractivity contribution >= 4 is 53.8 Å². The van der Waals surface area contributed by atoms with Crippen LogP contribution in [-0.2, 0) is 14.9 Å². The summed E-state index contributed by atoms with van der Waals surface area (Å²) in [6.07, 6.45) is 0.233. The van der Waals surface area contributed by atoms with Gasteiger partial charge in [0, 0.05) is 50.2 Å². The summed E-state index contributed by atoms with van der Waals surface area (Å²) < 4.78 is 28.9. The monoisotopic (exact) mass is 249 g/mol. The molecule has 0 aromatic heterocycles. The Morgan fingerprint density at radius 2 is 1.93 bits per heavy atom. The number of hydrogen-bond acceptors (Lipinski definition) is 3. The molecule has 80 valence electrons. The molecule has 7 heteroatoms. The molecule has 0 aliphatic carbocycles. The summed E-state index contributed by atoms with van der Waals surface area (Å²) in [7, 11) is -3.89. The molecule has 0 saturated carbocycles. The molecule has 0 aromatic rings. The predicted octanol–water partition coefficient (Wildman–Crippen LogP) is -0.344. The third-order valence-corrected chi connectivity index (χ3v) is 2.21. The van der Waals surface area contributed by atoms with Crippen LogP contribution in [0.5, 0.6) is 0 Å². The molecule has 2 radical (unpaired) electrons. The van der Waals surface area contributed by atoms with Gasteiger partial charge in [0.15, 0.2) is 0 Å². The topological polar surface area (TPSA) is 83.5 Å². The van der Waals surface area contributed by atoms with Gasteiger partial charge in [-0.15, -0.1) is 0 Å². The minimum Gasteiger partial charge on any atom is -0.356 e. The predicted molar refractivity (Wildman–Crippen MR) is 54.6 cm³/mol. The van der Waals surface area contributed by atoms with Gasteiger partial charge in [-0.25, -0.2) is 0 Å². The number of nitrogens with one attached hydrogen (secondary N) is 1. The maximum atomic E-state index is 10.9. The van der Waals surface area contributed by atoms with Crippen LogP contribution in [0.25, 0.3) is 0 Å². The van der Waals surface area contributed by atoms with E-state index in [1.54, 1.807) is 13.8 Å². The Morgan fingerprint density at radius 1 is 1.43 bits per heavy atom. The van der Waals surface area contributed by atoms with Crippen LogP contribution in [0.15, 0.2) is 0 Å². The van der Waals surface area contributed by atoms with Gasteiger partial charge < -0.3 is 5.32 Å². The van der Waals surface area contributed by atoms with Crippen LogP contribution in [0.1, 0.15) is 20.3 Å². The van der Waals surface area contributed by atoms with Crippen molar-refractivity contribution in [3.8, 4) is 0 Å². The first-order valence-corrected chi connectivity index (χ1v) is 5.66. The number of carbonyl (C=O) groups excluding carboxylic acids is 1. The molecular weight excluding hydrogens is 234 g/mol. The van der Waals surface area contributed by atoms with Crippen molar-refractivity contribution in [1.29, 1.82) is 0 Å². The van der Waals surface area contributed by atoms with Crippen LogP contribution >= 0.6 is 0 Å². The molecule has 0 rings (SSSR count). The van der Waals surface area contributed by atoms with Crippen molar-refractivity contribution in [3.05, 3.63) is 0 Å². The molecule has 1 amide bonds. The molecule has 0 saturated heterocycles. The quantitative estimate of drug-likeness (QED) is 0.396. The Kier molecular flexibility index (Phi) is 9.58. The first kappa shape index (κ1) is 17.0. The third-order valence-electron chi connectivity index (χ3n) is 1.40. The van der Waals surface area contributed by atoms with Gasteiger partial charge in [-0.05, 0) is 6.42 Å². The standard InChI is InChI=1S/C7H15NO4S.Ca/c1-6(2)7(9)8-4-3-5-13(10,11)12;/h6H,3-5H2,1-2H3,(H,8,9)(H,10,11,12);. The minimum absolute atomic E-state index is 0. The van der Waals surface area contributed by atoms with Crippen molar-refractivity contribution in [1.82, 2.24) is 5.32 Å². The molecule has 2 N–H and O–H groups in total. The molecule has 0 fully saturated rings. The Hall–Kier alpha value is 0.640.